The summed E-state index contributed by atoms with van der Waals surface area (Å²) in [5.41, 5.74) is 6.48. The lowest BCUT2D eigenvalue weighted by molar-refractivity contribution is 0.835. The Kier molecular flexibility index (Phi) is 6.70. The van der Waals surface area contributed by atoms with E-state index in [2.05, 4.69) is 63.7 Å². The molecule has 2 heterocycles. The van der Waals surface area contributed by atoms with Crippen LogP contribution in [0.3, 0.4) is 0 Å². The molecule has 1 aliphatic rings. The Bertz CT molecular complexity index is 561. The Balaban J connectivity index is 2.02. The quantitative estimate of drug-likeness (QED) is 0.328. The Labute approximate surface area is 173 Å². The summed E-state index contributed by atoms with van der Waals surface area (Å²) >= 11 is 18.7. The lowest BCUT2D eigenvalue weighted by Gasteiger charge is -2.15. The predicted molar refractivity (Wildman–Crippen MR) is 114 cm³/mol. The summed E-state index contributed by atoms with van der Waals surface area (Å²) in [6.07, 6.45) is 4.74. The first-order valence-electron chi connectivity index (χ1n) is 7.21. The number of thiophene rings is 2. The zero-order valence-electron chi connectivity index (χ0n) is 12.0. The normalized spacial score (nSPS) is 14.4. The summed E-state index contributed by atoms with van der Waals surface area (Å²) in [6, 6.07) is 0. The molecule has 120 valence electrons. The van der Waals surface area contributed by atoms with E-state index < -0.39 is 0 Å². The summed E-state index contributed by atoms with van der Waals surface area (Å²) in [6.45, 7) is 0. The van der Waals surface area contributed by atoms with E-state index in [1.165, 1.54) is 45.2 Å². The summed E-state index contributed by atoms with van der Waals surface area (Å²) in [7, 11) is 0. The Morgan fingerprint density at radius 3 is 0.909 bits per heavy atom. The first-order valence-corrected chi connectivity index (χ1v) is 13.3. The van der Waals surface area contributed by atoms with Crippen molar-refractivity contribution in [2.75, 3.05) is 0 Å². The van der Waals surface area contributed by atoms with Gasteiger partial charge in [0.2, 0.25) is 0 Å². The van der Waals surface area contributed by atoms with Crippen molar-refractivity contribution in [3.8, 4) is 0 Å². The minimum Gasteiger partial charge on any atom is -0.143 e. The van der Waals surface area contributed by atoms with Gasteiger partial charge < -0.3 is 0 Å². The summed E-state index contributed by atoms with van der Waals surface area (Å²) in [5, 5.41) is 3.95. The monoisotopic (exact) mass is 588 g/mol. The molecule has 0 aliphatic heterocycles. The van der Waals surface area contributed by atoms with E-state index in [0.29, 0.717) is 0 Å². The maximum Gasteiger partial charge on any atom is 0.0380 e. The summed E-state index contributed by atoms with van der Waals surface area (Å²) < 4.78 is 0. The van der Waals surface area contributed by atoms with Gasteiger partial charge in [0.25, 0.3) is 0 Å². The van der Waals surface area contributed by atoms with Crippen LogP contribution in [0.4, 0.5) is 0 Å². The molecule has 0 radical (unpaired) electrons. The van der Waals surface area contributed by atoms with E-state index in [1.54, 1.807) is 22.3 Å². The van der Waals surface area contributed by atoms with E-state index in [4.69, 9.17) is 0 Å². The van der Waals surface area contributed by atoms with Crippen molar-refractivity contribution in [1.29, 1.82) is 0 Å². The second kappa shape index (κ2) is 8.13. The number of alkyl halides is 4. The van der Waals surface area contributed by atoms with Crippen LogP contribution in [0.2, 0.25) is 0 Å². The molecule has 0 N–H and O–H groups in total. The maximum atomic E-state index is 3.68. The molecule has 0 saturated heterocycles. The number of fused-ring (bicyclic) bond motifs is 2. The average molecular weight is 592 g/mol. The van der Waals surface area contributed by atoms with E-state index in [-0.39, 0.29) is 0 Å². The molecule has 6 heteroatoms. The molecule has 0 atom stereocenters. The SMILES string of the molecule is BrCc1sc(CBr)c2c1CCc1c(CBr)sc(CBr)c1CC2. The molecular weight excluding hydrogens is 576 g/mol. The summed E-state index contributed by atoms with van der Waals surface area (Å²) in [5.74, 6) is 0. The third kappa shape index (κ3) is 3.34. The van der Waals surface area contributed by atoms with Crippen LogP contribution in [0.25, 0.3) is 0 Å². The second-order valence-electron chi connectivity index (χ2n) is 5.35. The van der Waals surface area contributed by atoms with Gasteiger partial charge in [0.05, 0.1) is 0 Å². The minimum absolute atomic E-state index is 0.988. The molecule has 0 amide bonds. The zero-order valence-corrected chi connectivity index (χ0v) is 20.0. The number of hydrogen-bond donors (Lipinski definition) is 0. The van der Waals surface area contributed by atoms with Crippen LogP contribution in [-0.2, 0) is 47.0 Å². The van der Waals surface area contributed by atoms with E-state index >= 15 is 0 Å². The number of halogens is 4. The van der Waals surface area contributed by atoms with Crippen molar-refractivity contribution in [1.82, 2.24) is 0 Å². The highest BCUT2D eigenvalue weighted by molar-refractivity contribution is 9.09. The molecule has 0 nitrogen and oxygen atoms in total. The highest BCUT2D eigenvalue weighted by atomic mass is 79.9. The molecule has 22 heavy (non-hydrogen) atoms. The predicted octanol–water partition coefficient (Wildman–Crippen LogP) is 7.27. The fourth-order valence-corrected chi connectivity index (χ4v) is 8.24. The topological polar surface area (TPSA) is 0 Å². The fourth-order valence-electron chi connectivity index (χ4n) is 3.31. The molecule has 0 aromatic carbocycles. The number of hydrogen-bond acceptors (Lipinski definition) is 2. The lowest BCUT2D eigenvalue weighted by atomic mass is 9.89. The van der Waals surface area contributed by atoms with Gasteiger partial charge in [0, 0.05) is 40.8 Å². The van der Waals surface area contributed by atoms with Gasteiger partial charge in [-0.05, 0) is 47.9 Å². The summed E-state index contributed by atoms with van der Waals surface area (Å²) in [4.78, 5) is 6.13. The molecule has 0 unspecified atom stereocenters. The molecule has 0 saturated carbocycles. The zero-order chi connectivity index (χ0) is 15.7. The smallest absolute Gasteiger partial charge is 0.0380 e. The van der Waals surface area contributed by atoms with Crippen molar-refractivity contribution in [3.05, 3.63) is 41.8 Å². The van der Waals surface area contributed by atoms with Gasteiger partial charge in [-0.3, -0.25) is 0 Å². The highest BCUT2D eigenvalue weighted by Crippen LogP contribution is 2.39. The first-order chi connectivity index (χ1) is 10.7. The Morgan fingerprint density at radius 2 is 0.727 bits per heavy atom. The van der Waals surface area contributed by atoms with Gasteiger partial charge in [-0.1, -0.05) is 63.7 Å². The van der Waals surface area contributed by atoms with Crippen molar-refractivity contribution in [2.45, 2.75) is 47.0 Å². The van der Waals surface area contributed by atoms with E-state index in [0.717, 1.165) is 21.3 Å². The van der Waals surface area contributed by atoms with Crippen LogP contribution in [-0.4, -0.2) is 0 Å². The standard InChI is InChI=1S/C16H16Br4S2/c17-5-13-9-1-2-10-12(16(8-20)22-14(10)6-18)4-3-11(9)15(7-19)21-13/h1-8H2. The van der Waals surface area contributed by atoms with Crippen LogP contribution in [0.5, 0.6) is 0 Å². The average Bonchev–Trinajstić information content (AvgIpc) is 3.04. The van der Waals surface area contributed by atoms with E-state index in [9.17, 15) is 0 Å². The molecular formula is C16H16Br4S2. The van der Waals surface area contributed by atoms with Gasteiger partial charge in [-0.2, -0.15) is 0 Å². The molecule has 0 bridgehead atoms. The van der Waals surface area contributed by atoms with E-state index in [1.807, 2.05) is 22.7 Å². The third-order valence-corrected chi connectivity index (χ3v) is 10.6. The third-order valence-electron chi connectivity index (χ3n) is 4.30. The van der Waals surface area contributed by atoms with Crippen molar-refractivity contribution >= 4 is 86.4 Å². The maximum absolute atomic E-state index is 3.68. The Hall–Kier alpha value is 1.32. The number of rotatable bonds is 4. The van der Waals surface area contributed by atoms with Gasteiger partial charge in [-0.25, -0.2) is 0 Å². The van der Waals surface area contributed by atoms with Crippen molar-refractivity contribution in [3.63, 3.8) is 0 Å². The van der Waals surface area contributed by atoms with Gasteiger partial charge in [0.15, 0.2) is 0 Å². The molecule has 0 spiro atoms. The fraction of sp³-hybridized carbons (Fsp3) is 0.500. The highest BCUT2D eigenvalue weighted by Gasteiger charge is 2.23. The van der Waals surface area contributed by atoms with Crippen LogP contribution in [0, 0.1) is 0 Å². The largest absolute Gasteiger partial charge is 0.143 e. The first kappa shape index (κ1) is 18.1. The molecule has 3 rings (SSSR count). The second-order valence-corrected chi connectivity index (χ2v) is 9.97. The molecule has 2 aromatic rings. The van der Waals surface area contributed by atoms with Gasteiger partial charge in [0.1, 0.15) is 0 Å². The molecule has 0 fully saturated rings. The Morgan fingerprint density at radius 1 is 0.500 bits per heavy atom. The van der Waals surface area contributed by atoms with Crippen LogP contribution < -0.4 is 0 Å². The van der Waals surface area contributed by atoms with Crippen molar-refractivity contribution in [2.24, 2.45) is 0 Å². The van der Waals surface area contributed by atoms with Crippen LogP contribution in [0.15, 0.2) is 0 Å². The van der Waals surface area contributed by atoms with Gasteiger partial charge >= 0.3 is 0 Å². The molecule has 2 aromatic heterocycles. The molecule has 1 aliphatic carbocycles. The van der Waals surface area contributed by atoms with Gasteiger partial charge in [-0.15, -0.1) is 22.7 Å². The minimum atomic E-state index is 0.988. The van der Waals surface area contributed by atoms with Crippen LogP contribution in [0.1, 0.15) is 41.8 Å². The lowest BCUT2D eigenvalue weighted by Crippen LogP contribution is -2.07. The van der Waals surface area contributed by atoms with Crippen molar-refractivity contribution < 1.29 is 0 Å². The van der Waals surface area contributed by atoms with Crippen LogP contribution >= 0.6 is 86.4 Å².